The van der Waals surface area contributed by atoms with E-state index < -0.39 is 12.0 Å². The predicted octanol–water partition coefficient (Wildman–Crippen LogP) is 4.41. The van der Waals surface area contributed by atoms with Gasteiger partial charge < -0.3 is 5.11 Å². The van der Waals surface area contributed by atoms with E-state index in [2.05, 4.69) is 48.3 Å². The maximum atomic E-state index is 12.4. The van der Waals surface area contributed by atoms with Gasteiger partial charge in [0.15, 0.2) is 5.78 Å². The van der Waals surface area contributed by atoms with Crippen LogP contribution in [0.2, 0.25) is 0 Å². The third-order valence-corrected chi connectivity index (χ3v) is 4.76. The molecule has 0 bridgehead atoms. The van der Waals surface area contributed by atoms with E-state index in [1.165, 1.54) is 6.08 Å². The average molecular weight is 385 g/mol. The summed E-state index contributed by atoms with van der Waals surface area (Å²) >= 11 is 0. The van der Waals surface area contributed by atoms with E-state index >= 15 is 0 Å². The number of carbonyl (C=O) groups excluding carboxylic acids is 1. The zero-order chi connectivity index (χ0) is 20.6. The standard InChI is InChI=1S/C25H23NO3/c1-2-23(27)25(26-17-24(28)29)22-11-7-6-10-21(22)16-18-12-14-20(15-13-18)19-8-4-3-5-9-19/h2-15,25-26H,1,16-17H2,(H,28,29). The van der Waals surface area contributed by atoms with Gasteiger partial charge in [-0.15, -0.1) is 0 Å². The molecule has 0 heterocycles. The Hall–Kier alpha value is -3.50. The van der Waals surface area contributed by atoms with Gasteiger partial charge in [0.25, 0.3) is 0 Å². The third kappa shape index (κ3) is 5.27. The molecule has 0 aliphatic carbocycles. The molecule has 0 fully saturated rings. The van der Waals surface area contributed by atoms with Crippen molar-refractivity contribution in [1.82, 2.24) is 5.32 Å². The number of carboxylic acid groups (broad SMARTS) is 1. The molecule has 0 saturated carbocycles. The van der Waals surface area contributed by atoms with Crippen LogP contribution in [0.5, 0.6) is 0 Å². The van der Waals surface area contributed by atoms with E-state index in [0.717, 1.165) is 27.8 Å². The smallest absolute Gasteiger partial charge is 0.317 e. The van der Waals surface area contributed by atoms with Crippen LogP contribution in [0, 0.1) is 0 Å². The number of hydrogen-bond donors (Lipinski definition) is 2. The second-order valence-electron chi connectivity index (χ2n) is 6.75. The Morgan fingerprint density at radius 2 is 1.52 bits per heavy atom. The highest BCUT2D eigenvalue weighted by atomic mass is 16.4. The number of ketones is 1. The zero-order valence-electron chi connectivity index (χ0n) is 16.0. The van der Waals surface area contributed by atoms with Crippen molar-refractivity contribution >= 4 is 11.8 Å². The van der Waals surface area contributed by atoms with Crippen LogP contribution in [0.4, 0.5) is 0 Å². The topological polar surface area (TPSA) is 66.4 Å². The number of rotatable bonds is 9. The van der Waals surface area contributed by atoms with Gasteiger partial charge in [0.1, 0.15) is 0 Å². The second kappa shape index (κ2) is 9.62. The van der Waals surface area contributed by atoms with Crippen molar-refractivity contribution in [2.75, 3.05) is 6.54 Å². The third-order valence-electron chi connectivity index (χ3n) is 4.76. The van der Waals surface area contributed by atoms with Gasteiger partial charge in [-0.25, -0.2) is 0 Å². The monoisotopic (exact) mass is 385 g/mol. The van der Waals surface area contributed by atoms with E-state index in [1.54, 1.807) is 0 Å². The van der Waals surface area contributed by atoms with Gasteiger partial charge in [-0.05, 0) is 40.3 Å². The predicted molar refractivity (Wildman–Crippen MR) is 115 cm³/mol. The lowest BCUT2D eigenvalue weighted by molar-refractivity contribution is -0.136. The summed E-state index contributed by atoms with van der Waals surface area (Å²) in [7, 11) is 0. The molecule has 0 aromatic heterocycles. The minimum Gasteiger partial charge on any atom is -0.480 e. The van der Waals surface area contributed by atoms with Crippen molar-refractivity contribution in [2.45, 2.75) is 12.5 Å². The molecule has 29 heavy (non-hydrogen) atoms. The molecule has 0 spiro atoms. The van der Waals surface area contributed by atoms with Crippen molar-refractivity contribution in [1.29, 1.82) is 0 Å². The first-order valence-corrected chi connectivity index (χ1v) is 9.42. The van der Waals surface area contributed by atoms with Crippen LogP contribution in [-0.4, -0.2) is 23.4 Å². The molecule has 2 N–H and O–H groups in total. The van der Waals surface area contributed by atoms with Crippen molar-refractivity contribution < 1.29 is 14.7 Å². The summed E-state index contributed by atoms with van der Waals surface area (Å²) in [6, 6.07) is 25.4. The highest BCUT2D eigenvalue weighted by Gasteiger charge is 2.21. The van der Waals surface area contributed by atoms with Crippen molar-refractivity contribution in [3.8, 4) is 11.1 Å². The number of aliphatic carboxylic acids is 1. The quantitative estimate of drug-likeness (QED) is 0.535. The zero-order valence-corrected chi connectivity index (χ0v) is 16.0. The second-order valence-corrected chi connectivity index (χ2v) is 6.75. The molecule has 0 aliphatic rings. The minimum atomic E-state index is -1.01. The number of carbonyl (C=O) groups is 2. The molecule has 0 saturated heterocycles. The lowest BCUT2D eigenvalue weighted by Gasteiger charge is -2.19. The Kier molecular flexibility index (Phi) is 6.72. The summed E-state index contributed by atoms with van der Waals surface area (Å²) in [6.45, 7) is 3.25. The van der Waals surface area contributed by atoms with Crippen LogP contribution in [-0.2, 0) is 16.0 Å². The van der Waals surface area contributed by atoms with Crippen LogP contribution in [0.15, 0.2) is 91.5 Å². The Labute approximate surface area is 170 Å². The first-order valence-electron chi connectivity index (χ1n) is 9.42. The van der Waals surface area contributed by atoms with Crippen molar-refractivity contribution in [3.63, 3.8) is 0 Å². The molecular formula is C25H23NO3. The van der Waals surface area contributed by atoms with Crippen molar-refractivity contribution in [3.05, 3.63) is 108 Å². The summed E-state index contributed by atoms with van der Waals surface area (Å²) in [4.78, 5) is 23.3. The summed E-state index contributed by atoms with van der Waals surface area (Å²) in [5.74, 6) is -1.26. The van der Waals surface area contributed by atoms with Gasteiger partial charge in [-0.3, -0.25) is 14.9 Å². The summed E-state index contributed by atoms with van der Waals surface area (Å²) < 4.78 is 0. The van der Waals surface area contributed by atoms with Crippen LogP contribution in [0.25, 0.3) is 11.1 Å². The van der Waals surface area contributed by atoms with E-state index in [0.29, 0.717) is 6.42 Å². The van der Waals surface area contributed by atoms with Crippen LogP contribution < -0.4 is 5.32 Å². The molecule has 4 heteroatoms. The summed E-state index contributed by atoms with van der Waals surface area (Å²) in [6.07, 6.45) is 1.87. The highest BCUT2D eigenvalue weighted by molar-refractivity contribution is 5.95. The van der Waals surface area contributed by atoms with E-state index in [9.17, 15) is 9.59 Å². The minimum absolute atomic E-state index is 0.252. The van der Waals surface area contributed by atoms with Crippen LogP contribution in [0.1, 0.15) is 22.7 Å². The molecule has 4 nitrogen and oxygen atoms in total. The fourth-order valence-corrected chi connectivity index (χ4v) is 3.31. The molecule has 3 aromatic carbocycles. The van der Waals surface area contributed by atoms with Crippen LogP contribution in [0.3, 0.4) is 0 Å². The van der Waals surface area contributed by atoms with Crippen molar-refractivity contribution in [2.24, 2.45) is 0 Å². The number of hydrogen-bond acceptors (Lipinski definition) is 3. The normalized spacial score (nSPS) is 11.6. The maximum Gasteiger partial charge on any atom is 0.317 e. The number of carboxylic acids is 1. The molecule has 1 unspecified atom stereocenters. The molecule has 1 atom stereocenters. The highest BCUT2D eigenvalue weighted by Crippen LogP contribution is 2.24. The van der Waals surface area contributed by atoms with Gasteiger partial charge in [0.05, 0.1) is 12.6 Å². The fourth-order valence-electron chi connectivity index (χ4n) is 3.31. The Morgan fingerprint density at radius 1 is 0.897 bits per heavy atom. The van der Waals surface area contributed by atoms with E-state index in [-0.39, 0.29) is 12.3 Å². The molecule has 146 valence electrons. The molecule has 0 radical (unpaired) electrons. The van der Waals surface area contributed by atoms with Gasteiger partial charge in [-0.2, -0.15) is 0 Å². The first-order chi connectivity index (χ1) is 14.1. The summed E-state index contributed by atoms with van der Waals surface area (Å²) in [5.41, 5.74) is 5.16. The molecular weight excluding hydrogens is 362 g/mol. The fraction of sp³-hybridized carbons (Fsp3) is 0.120. The Morgan fingerprint density at radius 3 is 2.17 bits per heavy atom. The van der Waals surface area contributed by atoms with Gasteiger partial charge in [-0.1, -0.05) is 85.4 Å². The average Bonchev–Trinajstić information content (AvgIpc) is 2.75. The number of benzene rings is 3. The lowest BCUT2D eigenvalue weighted by atomic mass is 9.92. The molecule has 0 aliphatic heterocycles. The Balaban J connectivity index is 1.85. The van der Waals surface area contributed by atoms with Gasteiger partial charge in [0.2, 0.25) is 0 Å². The van der Waals surface area contributed by atoms with E-state index in [4.69, 9.17) is 5.11 Å². The molecule has 3 aromatic rings. The molecule has 3 rings (SSSR count). The molecule has 0 amide bonds. The SMILES string of the molecule is C=CC(=O)C(NCC(=O)O)c1ccccc1Cc1ccc(-c2ccccc2)cc1. The van der Waals surface area contributed by atoms with E-state index in [1.807, 2.05) is 42.5 Å². The van der Waals surface area contributed by atoms with Crippen LogP contribution >= 0.6 is 0 Å². The lowest BCUT2D eigenvalue weighted by Crippen LogP contribution is -2.32. The van der Waals surface area contributed by atoms with Gasteiger partial charge in [0, 0.05) is 0 Å². The number of nitrogens with one attached hydrogen (secondary N) is 1. The summed E-state index contributed by atoms with van der Waals surface area (Å²) in [5, 5.41) is 11.8. The Bertz CT molecular complexity index is 994. The maximum absolute atomic E-state index is 12.4. The van der Waals surface area contributed by atoms with Gasteiger partial charge >= 0.3 is 5.97 Å². The largest absolute Gasteiger partial charge is 0.480 e. The first kappa shape index (κ1) is 20.2.